The molecule has 0 aliphatic carbocycles. The van der Waals surface area contributed by atoms with E-state index in [4.69, 9.17) is 16.3 Å². The molecule has 20 heavy (non-hydrogen) atoms. The van der Waals surface area contributed by atoms with Gasteiger partial charge in [-0.25, -0.2) is 8.42 Å². The first-order chi connectivity index (χ1) is 9.41. The molecule has 7 heteroatoms. The van der Waals surface area contributed by atoms with E-state index in [9.17, 15) is 13.5 Å². The quantitative estimate of drug-likeness (QED) is 0.918. The number of halogens is 1. The van der Waals surface area contributed by atoms with E-state index in [0.717, 1.165) is 0 Å². The third kappa shape index (κ3) is 3.77. The van der Waals surface area contributed by atoms with E-state index in [-0.39, 0.29) is 17.3 Å². The summed E-state index contributed by atoms with van der Waals surface area (Å²) >= 11 is 5.99. The number of hydrogen-bond acceptors (Lipinski definition) is 5. The molecule has 0 unspecified atom stereocenters. The zero-order valence-corrected chi connectivity index (χ0v) is 12.9. The van der Waals surface area contributed by atoms with E-state index < -0.39 is 9.84 Å². The van der Waals surface area contributed by atoms with Crippen LogP contribution >= 0.6 is 11.6 Å². The average molecular weight is 320 g/mol. The molecule has 1 aliphatic rings. The van der Waals surface area contributed by atoms with Gasteiger partial charge in [-0.3, -0.25) is 4.90 Å². The van der Waals surface area contributed by atoms with Crippen molar-refractivity contribution in [1.29, 1.82) is 0 Å². The van der Waals surface area contributed by atoms with Gasteiger partial charge >= 0.3 is 0 Å². The number of hydrogen-bond donors (Lipinski definition) is 1. The molecule has 2 rings (SSSR count). The molecule has 1 aromatic carbocycles. The van der Waals surface area contributed by atoms with Crippen molar-refractivity contribution in [3.8, 4) is 11.5 Å². The molecule has 0 atom stereocenters. The number of aromatic hydroxyl groups is 1. The highest BCUT2D eigenvalue weighted by Gasteiger charge is 2.20. The largest absolute Gasteiger partial charge is 0.504 e. The minimum atomic E-state index is -2.93. The summed E-state index contributed by atoms with van der Waals surface area (Å²) in [6, 6.07) is 3.23. The van der Waals surface area contributed by atoms with Gasteiger partial charge < -0.3 is 9.84 Å². The summed E-state index contributed by atoms with van der Waals surface area (Å²) in [4.78, 5) is 2.01. The molecule has 0 spiro atoms. The smallest absolute Gasteiger partial charge is 0.162 e. The maximum Gasteiger partial charge on any atom is 0.162 e. The fourth-order valence-corrected chi connectivity index (χ4v) is 3.83. The van der Waals surface area contributed by atoms with Gasteiger partial charge in [0.05, 0.1) is 18.6 Å². The fourth-order valence-electron chi connectivity index (χ4n) is 2.29. The molecule has 1 aliphatic heterocycles. The second kappa shape index (κ2) is 6.20. The van der Waals surface area contributed by atoms with Crippen LogP contribution in [-0.4, -0.2) is 50.1 Å². The summed E-state index contributed by atoms with van der Waals surface area (Å²) in [5.41, 5.74) is 0.647. The molecule has 0 saturated carbocycles. The predicted octanol–water partition coefficient (Wildman–Crippen LogP) is 1.67. The van der Waals surface area contributed by atoms with E-state index in [1.54, 1.807) is 12.1 Å². The van der Waals surface area contributed by atoms with Gasteiger partial charge in [0, 0.05) is 29.7 Å². The Kier molecular flexibility index (Phi) is 4.78. The molecule has 1 heterocycles. The molecule has 1 aromatic rings. The summed E-state index contributed by atoms with van der Waals surface area (Å²) in [5.74, 6) is 0.777. The zero-order valence-electron chi connectivity index (χ0n) is 11.3. The van der Waals surface area contributed by atoms with E-state index in [1.165, 1.54) is 7.11 Å². The lowest BCUT2D eigenvalue weighted by Crippen LogP contribution is -2.26. The van der Waals surface area contributed by atoms with Gasteiger partial charge in [0.25, 0.3) is 0 Å². The van der Waals surface area contributed by atoms with Crippen LogP contribution in [-0.2, 0) is 16.4 Å². The lowest BCUT2D eigenvalue weighted by Gasteiger charge is -2.20. The van der Waals surface area contributed by atoms with E-state index >= 15 is 0 Å². The minimum Gasteiger partial charge on any atom is -0.504 e. The Bertz CT molecular complexity index is 588. The van der Waals surface area contributed by atoms with Gasteiger partial charge in [-0.15, -0.1) is 0 Å². The van der Waals surface area contributed by atoms with Crippen LogP contribution in [0.1, 0.15) is 12.0 Å². The van der Waals surface area contributed by atoms with Crippen LogP contribution in [0.3, 0.4) is 0 Å². The number of sulfone groups is 1. The SMILES string of the molecule is COc1cc(Cl)cc(CN2CCCS(=O)(=O)CC2)c1O. The summed E-state index contributed by atoms with van der Waals surface area (Å²) in [6.45, 7) is 1.61. The van der Waals surface area contributed by atoms with E-state index in [2.05, 4.69) is 0 Å². The summed E-state index contributed by atoms with van der Waals surface area (Å²) in [5, 5.41) is 10.6. The van der Waals surface area contributed by atoms with Gasteiger partial charge in [-0.1, -0.05) is 11.6 Å². The third-order valence-corrected chi connectivity index (χ3v) is 5.31. The van der Waals surface area contributed by atoms with Crippen molar-refractivity contribution in [2.75, 3.05) is 31.7 Å². The lowest BCUT2D eigenvalue weighted by molar-refractivity contribution is 0.280. The summed E-state index contributed by atoms with van der Waals surface area (Å²) < 4.78 is 28.2. The molecule has 1 saturated heterocycles. The first kappa shape index (κ1) is 15.4. The van der Waals surface area contributed by atoms with Crippen molar-refractivity contribution in [3.05, 3.63) is 22.7 Å². The lowest BCUT2D eigenvalue weighted by atomic mass is 10.1. The molecule has 0 aromatic heterocycles. The Morgan fingerprint density at radius 3 is 2.80 bits per heavy atom. The van der Waals surface area contributed by atoms with Crippen molar-refractivity contribution < 1.29 is 18.3 Å². The standard InChI is InChI=1S/C13H18ClNO4S/c1-19-12-8-11(14)7-10(13(12)16)9-15-3-2-5-20(17,18)6-4-15/h7-8,16H,2-6,9H2,1H3. The number of nitrogens with zero attached hydrogens (tertiary/aromatic N) is 1. The van der Waals surface area contributed by atoms with Crippen molar-refractivity contribution in [2.24, 2.45) is 0 Å². The van der Waals surface area contributed by atoms with Gasteiger partial charge in [0.15, 0.2) is 21.3 Å². The highest BCUT2D eigenvalue weighted by Crippen LogP contribution is 2.34. The van der Waals surface area contributed by atoms with Gasteiger partial charge in [0.1, 0.15) is 0 Å². The molecule has 112 valence electrons. The fraction of sp³-hybridized carbons (Fsp3) is 0.538. The Morgan fingerprint density at radius 1 is 1.35 bits per heavy atom. The van der Waals surface area contributed by atoms with Crippen LogP contribution in [0.2, 0.25) is 5.02 Å². The molecule has 0 amide bonds. The second-order valence-electron chi connectivity index (χ2n) is 4.90. The van der Waals surface area contributed by atoms with Crippen molar-refractivity contribution in [1.82, 2.24) is 4.90 Å². The van der Waals surface area contributed by atoms with Crippen molar-refractivity contribution in [2.45, 2.75) is 13.0 Å². The van der Waals surface area contributed by atoms with E-state index in [1.807, 2.05) is 4.90 Å². The van der Waals surface area contributed by atoms with E-state index in [0.29, 0.717) is 42.4 Å². The average Bonchev–Trinajstić information content (AvgIpc) is 2.55. The number of phenols is 1. The maximum atomic E-state index is 11.6. The maximum absolute atomic E-state index is 11.6. The Balaban J connectivity index is 2.16. The number of ether oxygens (including phenoxy) is 1. The second-order valence-corrected chi connectivity index (χ2v) is 7.64. The monoisotopic (exact) mass is 319 g/mol. The first-order valence-electron chi connectivity index (χ1n) is 6.39. The molecule has 1 fully saturated rings. The van der Waals surface area contributed by atoms with Gasteiger partial charge in [-0.2, -0.15) is 0 Å². The van der Waals surface area contributed by atoms with Gasteiger partial charge in [0.2, 0.25) is 0 Å². The molecule has 1 N–H and O–H groups in total. The molecule has 0 radical (unpaired) electrons. The Hall–Kier alpha value is -0.980. The Labute approximate surface area is 124 Å². The van der Waals surface area contributed by atoms with Crippen LogP contribution < -0.4 is 4.74 Å². The van der Waals surface area contributed by atoms with Crippen molar-refractivity contribution in [3.63, 3.8) is 0 Å². The number of benzene rings is 1. The molecular formula is C13H18ClNO4S. The van der Waals surface area contributed by atoms with Crippen LogP contribution in [0, 0.1) is 0 Å². The Morgan fingerprint density at radius 2 is 2.10 bits per heavy atom. The predicted molar refractivity (Wildman–Crippen MR) is 78.2 cm³/mol. The molecule has 0 bridgehead atoms. The minimum absolute atomic E-state index is 0.0593. The topological polar surface area (TPSA) is 66.8 Å². The highest BCUT2D eigenvalue weighted by molar-refractivity contribution is 7.91. The van der Waals surface area contributed by atoms with Crippen LogP contribution in [0.5, 0.6) is 11.5 Å². The normalized spacial score (nSPS) is 19.5. The van der Waals surface area contributed by atoms with Crippen LogP contribution in [0.25, 0.3) is 0 Å². The number of phenolic OH excluding ortho intramolecular Hbond substituents is 1. The van der Waals surface area contributed by atoms with Crippen LogP contribution in [0.15, 0.2) is 12.1 Å². The zero-order chi connectivity index (χ0) is 14.8. The summed E-state index contributed by atoms with van der Waals surface area (Å²) in [7, 11) is -1.46. The number of methoxy groups -OCH3 is 1. The number of rotatable bonds is 3. The van der Waals surface area contributed by atoms with Crippen LogP contribution in [0.4, 0.5) is 0 Å². The van der Waals surface area contributed by atoms with Gasteiger partial charge in [-0.05, 0) is 19.0 Å². The molecular weight excluding hydrogens is 302 g/mol. The molecule has 5 nitrogen and oxygen atoms in total. The first-order valence-corrected chi connectivity index (χ1v) is 8.59. The summed E-state index contributed by atoms with van der Waals surface area (Å²) in [6.07, 6.45) is 0.612. The third-order valence-electron chi connectivity index (χ3n) is 3.38. The van der Waals surface area contributed by atoms with Crippen molar-refractivity contribution >= 4 is 21.4 Å². The highest BCUT2D eigenvalue weighted by atomic mass is 35.5.